The second-order valence-electron chi connectivity index (χ2n) is 11.9. The lowest BCUT2D eigenvalue weighted by Crippen LogP contribution is -2.64. The van der Waals surface area contributed by atoms with Gasteiger partial charge in [0.1, 0.15) is 12.1 Å². The zero-order chi connectivity index (χ0) is 32.1. The molecule has 1 saturated heterocycles. The van der Waals surface area contributed by atoms with Crippen LogP contribution in [0.4, 0.5) is 4.79 Å². The van der Waals surface area contributed by atoms with Crippen molar-refractivity contribution in [2.24, 2.45) is 0 Å². The molecule has 9 nitrogen and oxygen atoms in total. The van der Waals surface area contributed by atoms with Crippen LogP contribution < -0.4 is 10.6 Å². The minimum absolute atomic E-state index is 0.0180. The first-order valence-corrected chi connectivity index (χ1v) is 15.7. The molecule has 45 heavy (non-hydrogen) atoms. The maximum Gasteiger partial charge on any atom is 0.411 e. The van der Waals surface area contributed by atoms with Crippen molar-refractivity contribution < 1.29 is 23.9 Å². The number of fused-ring (bicyclic) bond motifs is 3. The first-order valence-electron chi connectivity index (χ1n) is 15.3. The van der Waals surface area contributed by atoms with Gasteiger partial charge in [-0.3, -0.25) is 14.5 Å². The van der Waals surface area contributed by atoms with Crippen molar-refractivity contribution in [3.63, 3.8) is 0 Å². The van der Waals surface area contributed by atoms with Gasteiger partial charge in [0, 0.05) is 43.9 Å². The van der Waals surface area contributed by atoms with Crippen LogP contribution in [-0.2, 0) is 25.5 Å². The predicted octanol–water partition coefficient (Wildman–Crippen LogP) is 4.82. The van der Waals surface area contributed by atoms with Crippen molar-refractivity contribution in [2.45, 2.75) is 49.9 Å². The molecule has 0 radical (unpaired) electrons. The number of methoxy groups -OCH3 is 1. The molecule has 1 aliphatic carbocycles. The fraction of sp³-hybridized carbons (Fsp3) is 0.400. The summed E-state index contributed by atoms with van der Waals surface area (Å²) in [6, 6.07) is 21.4. The Morgan fingerprint density at radius 3 is 2.20 bits per heavy atom. The largest absolute Gasteiger partial charge is 0.436 e. The van der Waals surface area contributed by atoms with Crippen molar-refractivity contribution >= 4 is 29.5 Å². The van der Waals surface area contributed by atoms with Gasteiger partial charge in [0.15, 0.2) is 6.10 Å². The zero-order valence-corrected chi connectivity index (χ0v) is 27.0. The van der Waals surface area contributed by atoms with E-state index in [0.717, 1.165) is 47.2 Å². The number of likely N-dealkylation sites (N-methyl/N-ethyl adjacent to an activating group) is 2. The van der Waals surface area contributed by atoms with Crippen LogP contribution in [0.5, 0.6) is 0 Å². The maximum absolute atomic E-state index is 14.0. The Bertz CT molecular complexity index is 1480. The van der Waals surface area contributed by atoms with Crippen molar-refractivity contribution in [1.29, 1.82) is 0 Å². The van der Waals surface area contributed by atoms with Crippen LogP contribution in [0.15, 0.2) is 72.8 Å². The van der Waals surface area contributed by atoms with Crippen LogP contribution in [0.25, 0.3) is 11.1 Å². The minimum Gasteiger partial charge on any atom is -0.436 e. The molecule has 238 valence electrons. The van der Waals surface area contributed by atoms with Crippen molar-refractivity contribution in [2.75, 3.05) is 40.9 Å². The summed E-state index contributed by atoms with van der Waals surface area (Å²) in [6.45, 7) is 3.08. The van der Waals surface area contributed by atoms with Gasteiger partial charge in [-0.2, -0.15) is 0 Å². The van der Waals surface area contributed by atoms with Crippen LogP contribution in [-0.4, -0.2) is 86.2 Å². The second kappa shape index (κ2) is 14.0. The van der Waals surface area contributed by atoms with Gasteiger partial charge in [-0.15, -0.1) is 0 Å². The van der Waals surface area contributed by atoms with E-state index in [1.54, 1.807) is 18.9 Å². The summed E-state index contributed by atoms with van der Waals surface area (Å²) < 4.78 is 11.4. The first-order chi connectivity index (χ1) is 21.6. The summed E-state index contributed by atoms with van der Waals surface area (Å²) in [5.74, 6) is -0.751. The Morgan fingerprint density at radius 2 is 1.62 bits per heavy atom. The normalized spacial score (nSPS) is 18.7. The van der Waals surface area contributed by atoms with E-state index >= 15 is 0 Å². The predicted molar refractivity (Wildman–Crippen MR) is 174 cm³/mol. The molecule has 1 aliphatic heterocycles. The standard InChI is InChI=1S/C35H41ClN4O5/c1-23(39(2)34(43)45-31-28-12-7-5-10-26(28)27-11-6-8-13-29(27)31)32(41)38-30(21-44-4)33(42)40(3)35(18-9-19-37-22-35)20-24-14-16-25(36)17-15-24/h5-8,10-17,23,30-31,37H,9,18-22H2,1-4H3,(H,38,41)/t23-,30-,35+/m0/s1. The van der Waals surface area contributed by atoms with Gasteiger partial charge in [-0.25, -0.2) is 4.79 Å². The molecule has 0 spiro atoms. The molecule has 0 unspecified atom stereocenters. The van der Waals surface area contributed by atoms with E-state index in [-0.39, 0.29) is 12.5 Å². The summed E-state index contributed by atoms with van der Waals surface area (Å²) in [6.07, 6.45) is 1.12. The lowest BCUT2D eigenvalue weighted by molar-refractivity contribution is -0.143. The number of rotatable bonds is 10. The molecule has 0 bridgehead atoms. The molecule has 5 rings (SSSR count). The van der Waals surface area contributed by atoms with E-state index < -0.39 is 35.7 Å². The highest BCUT2D eigenvalue weighted by Gasteiger charge is 2.42. The quantitative estimate of drug-likeness (QED) is 0.333. The van der Waals surface area contributed by atoms with E-state index in [1.807, 2.05) is 72.8 Å². The molecule has 3 aromatic carbocycles. The van der Waals surface area contributed by atoms with Crippen molar-refractivity contribution in [3.8, 4) is 11.1 Å². The number of nitrogens with one attached hydrogen (secondary N) is 2. The number of amides is 3. The third kappa shape index (κ3) is 6.85. The average molecular weight is 633 g/mol. The Hall–Kier alpha value is -3.92. The monoisotopic (exact) mass is 632 g/mol. The van der Waals surface area contributed by atoms with E-state index in [9.17, 15) is 14.4 Å². The lowest BCUT2D eigenvalue weighted by Gasteiger charge is -2.46. The third-order valence-electron chi connectivity index (χ3n) is 9.13. The molecular formula is C35H41ClN4O5. The summed E-state index contributed by atoms with van der Waals surface area (Å²) >= 11 is 6.11. The van der Waals surface area contributed by atoms with Gasteiger partial charge < -0.3 is 25.0 Å². The average Bonchev–Trinajstić information content (AvgIpc) is 3.37. The van der Waals surface area contributed by atoms with E-state index in [2.05, 4.69) is 10.6 Å². The lowest BCUT2D eigenvalue weighted by atomic mass is 9.82. The van der Waals surface area contributed by atoms with Gasteiger partial charge in [-0.05, 0) is 61.6 Å². The Labute approximate surface area is 269 Å². The molecule has 0 aromatic heterocycles. The molecule has 3 aromatic rings. The summed E-state index contributed by atoms with van der Waals surface area (Å²) in [5, 5.41) is 6.95. The van der Waals surface area contributed by atoms with Crippen molar-refractivity contribution in [1.82, 2.24) is 20.4 Å². The fourth-order valence-corrected chi connectivity index (χ4v) is 6.47. The summed E-state index contributed by atoms with van der Waals surface area (Å²) in [7, 11) is 4.79. The highest BCUT2D eigenvalue weighted by molar-refractivity contribution is 6.30. The first kappa shape index (κ1) is 32.5. The molecule has 0 saturated carbocycles. The number of hydrogen-bond donors (Lipinski definition) is 2. The number of carbonyl (C=O) groups is 3. The Kier molecular flexibility index (Phi) is 10.1. The third-order valence-corrected chi connectivity index (χ3v) is 9.38. The SMILES string of the molecule is COC[C@H](NC(=O)[C@H](C)N(C)C(=O)OC1c2ccccc2-c2ccccc21)C(=O)N(C)[C@@]1(Cc2ccc(Cl)cc2)CCCNC1. The Morgan fingerprint density at radius 1 is 1.00 bits per heavy atom. The van der Waals surface area contributed by atoms with Gasteiger partial charge >= 0.3 is 6.09 Å². The van der Waals surface area contributed by atoms with Crippen LogP contribution in [0, 0.1) is 0 Å². The molecule has 3 atom stereocenters. The number of benzene rings is 3. The van der Waals surface area contributed by atoms with Crippen LogP contribution in [0.3, 0.4) is 0 Å². The van der Waals surface area contributed by atoms with Gasteiger partial charge in [0.2, 0.25) is 11.8 Å². The number of carbonyl (C=O) groups excluding carboxylic acids is 3. The van der Waals surface area contributed by atoms with E-state index in [0.29, 0.717) is 18.0 Å². The number of nitrogens with zero attached hydrogens (tertiary/aromatic N) is 2. The molecule has 10 heteroatoms. The van der Waals surface area contributed by atoms with Crippen LogP contribution >= 0.6 is 11.6 Å². The van der Waals surface area contributed by atoms with Gasteiger partial charge in [0.25, 0.3) is 0 Å². The molecule has 1 fully saturated rings. The minimum atomic E-state index is -0.947. The zero-order valence-electron chi connectivity index (χ0n) is 26.2. The number of piperidine rings is 1. The molecular weight excluding hydrogens is 592 g/mol. The fourth-order valence-electron chi connectivity index (χ4n) is 6.35. The molecule has 3 amide bonds. The van der Waals surface area contributed by atoms with Crippen LogP contribution in [0.2, 0.25) is 5.02 Å². The number of halogens is 1. The summed E-state index contributed by atoms with van der Waals surface area (Å²) in [5.41, 5.74) is 4.40. The smallest absolute Gasteiger partial charge is 0.411 e. The number of hydrogen-bond acceptors (Lipinski definition) is 6. The van der Waals surface area contributed by atoms with Crippen LogP contribution in [0.1, 0.15) is 42.6 Å². The maximum atomic E-state index is 14.0. The van der Waals surface area contributed by atoms with Gasteiger partial charge in [-0.1, -0.05) is 72.3 Å². The Balaban J connectivity index is 1.27. The van der Waals surface area contributed by atoms with E-state index in [1.165, 1.54) is 19.1 Å². The molecule has 2 aliphatic rings. The van der Waals surface area contributed by atoms with Crippen molar-refractivity contribution in [3.05, 3.63) is 94.5 Å². The second-order valence-corrected chi connectivity index (χ2v) is 12.4. The topological polar surface area (TPSA) is 100 Å². The molecule has 2 N–H and O–H groups in total. The molecule has 1 heterocycles. The summed E-state index contributed by atoms with van der Waals surface area (Å²) in [4.78, 5) is 43.9. The highest BCUT2D eigenvalue weighted by atomic mass is 35.5. The van der Waals surface area contributed by atoms with E-state index in [4.69, 9.17) is 21.1 Å². The van der Waals surface area contributed by atoms with Gasteiger partial charge in [0.05, 0.1) is 12.1 Å². The highest BCUT2D eigenvalue weighted by Crippen LogP contribution is 2.45. The number of ether oxygens (including phenoxy) is 2.